The predicted octanol–water partition coefficient (Wildman–Crippen LogP) is -0.337. The van der Waals surface area contributed by atoms with E-state index in [4.69, 9.17) is 10.2 Å². The van der Waals surface area contributed by atoms with Crippen molar-refractivity contribution in [1.29, 1.82) is 0 Å². The maximum atomic E-state index is 10.5. The fourth-order valence-electron chi connectivity index (χ4n) is 1.50. The minimum absolute atomic E-state index is 0.337. The van der Waals surface area contributed by atoms with Crippen molar-refractivity contribution in [2.75, 3.05) is 32.7 Å². The summed E-state index contributed by atoms with van der Waals surface area (Å²) in [6, 6.07) is 0. The van der Waals surface area contributed by atoms with E-state index in [1.165, 1.54) is 4.90 Å². The van der Waals surface area contributed by atoms with E-state index in [0.717, 1.165) is 13.1 Å². The number of β-amino-alcohol motifs (C(OH)–C–C–N with tert-alkyl or cyclic N) is 1. The van der Waals surface area contributed by atoms with Gasteiger partial charge in [-0.3, -0.25) is 4.90 Å². The number of amides is 1. The van der Waals surface area contributed by atoms with Gasteiger partial charge in [-0.2, -0.15) is 0 Å². The highest BCUT2D eigenvalue weighted by molar-refractivity contribution is 5.65. The fraction of sp³-hybridized carbons (Fsp3) is 0.875. The largest absolute Gasteiger partial charge is 0.465 e. The van der Waals surface area contributed by atoms with Gasteiger partial charge in [0.1, 0.15) is 0 Å². The van der Waals surface area contributed by atoms with E-state index in [9.17, 15) is 4.79 Å². The lowest BCUT2D eigenvalue weighted by Gasteiger charge is -2.33. The van der Waals surface area contributed by atoms with Crippen molar-refractivity contribution in [2.24, 2.45) is 0 Å². The van der Waals surface area contributed by atoms with Gasteiger partial charge in [0.05, 0.1) is 6.10 Å². The van der Waals surface area contributed by atoms with Crippen molar-refractivity contribution in [3.63, 3.8) is 0 Å². The first-order chi connectivity index (χ1) is 6.09. The van der Waals surface area contributed by atoms with E-state index in [1.807, 2.05) is 0 Å². The number of aliphatic hydroxyl groups is 1. The van der Waals surface area contributed by atoms with Crippen LogP contribution in [-0.2, 0) is 0 Å². The molecule has 0 radical (unpaired) electrons. The lowest BCUT2D eigenvalue weighted by atomic mass is 10.3. The van der Waals surface area contributed by atoms with Crippen LogP contribution in [0.2, 0.25) is 0 Å². The molecule has 0 aromatic rings. The number of piperazine rings is 1. The van der Waals surface area contributed by atoms with Crippen LogP contribution in [0.1, 0.15) is 6.92 Å². The van der Waals surface area contributed by atoms with Gasteiger partial charge in [0.25, 0.3) is 0 Å². The molecule has 1 aliphatic heterocycles. The second-order valence-electron chi connectivity index (χ2n) is 3.42. The Bertz CT molecular complexity index is 176. The maximum absolute atomic E-state index is 10.5. The minimum Gasteiger partial charge on any atom is -0.465 e. The van der Waals surface area contributed by atoms with Gasteiger partial charge in [0.15, 0.2) is 0 Å². The van der Waals surface area contributed by atoms with Crippen LogP contribution in [0.15, 0.2) is 0 Å². The molecule has 0 unspecified atom stereocenters. The molecule has 0 spiro atoms. The van der Waals surface area contributed by atoms with Gasteiger partial charge in [-0.25, -0.2) is 4.79 Å². The van der Waals surface area contributed by atoms with Crippen LogP contribution in [0.5, 0.6) is 0 Å². The van der Waals surface area contributed by atoms with Crippen molar-refractivity contribution in [3.05, 3.63) is 0 Å². The number of carbonyl (C=O) groups is 1. The molecule has 1 atom stereocenters. The average Bonchev–Trinajstić information content (AvgIpc) is 2.04. The summed E-state index contributed by atoms with van der Waals surface area (Å²) in [5.74, 6) is 0. The quantitative estimate of drug-likeness (QED) is 0.622. The summed E-state index contributed by atoms with van der Waals surface area (Å²) in [6.07, 6.45) is -1.19. The molecule has 0 aromatic heterocycles. The Morgan fingerprint density at radius 3 is 2.31 bits per heavy atom. The molecular weight excluding hydrogens is 172 g/mol. The van der Waals surface area contributed by atoms with Crippen molar-refractivity contribution >= 4 is 6.09 Å². The predicted molar refractivity (Wildman–Crippen MR) is 47.7 cm³/mol. The Balaban J connectivity index is 2.26. The zero-order valence-electron chi connectivity index (χ0n) is 7.81. The van der Waals surface area contributed by atoms with Crippen LogP contribution in [0.4, 0.5) is 4.79 Å². The number of rotatable bonds is 2. The molecule has 0 aliphatic carbocycles. The van der Waals surface area contributed by atoms with Gasteiger partial charge >= 0.3 is 6.09 Å². The summed E-state index contributed by atoms with van der Waals surface area (Å²) in [5.41, 5.74) is 0. The highest BCUT2D eigenvalue weighted by Gasteiger charge is 2.20. The first-order valence-corrected chi connectivity index (χ1v) is 4.48. The van der Waals surface area contributed by atoms with Gasteiger partial charge in [0.2, 0.25) is 0 Å². The van der Waals surface area contributed by atoms with E-state index in [0.29, 0.717) is 19.6 Å². The standard InChI is InChI=1S/C8H16N2O3/c1-7(11)6-9-2-4-10(5-3-9)8(12)13/h7,11H,2-6H2,1H3,(H,12,13)/t7-/m1/s1. The average molecular weight is 188 g/mol. The summed E-state index contributed by atoms with van der Waals surface area (Å²) in [5, 5.41) is 17.8. The van der Waals surface area contributed by atoms with Crippen LogP contribution in [-0.4, -0.2) is 64.9 Å². The van der Waals surface area contributed by atoms with E-state index in [2.05, 4.69) is 4.90 Å². The molecule has 13 heavy (non-hydrogen) atoms. The summed E-state index contributed by atoms with van der Waals surface area (Å²) in [4.78, 5) is 14.0. The smallest absolute Gasteiger partial charge is 0.407 e. The molecular formula is C8H16N2O3. The second kappa shape index (κ2) is 4.43. The molecule has 2 N–H and O–H groups in total. The zero-order chi connectivity index (χ0) is 9.84. The Kier molecular flexibility index (Phi) is 3.50. The number of carboxylic acid groups (broad SMARTS) is 1. The second-order valence-corrected chi connectivity index (χ2v) is 3.42. The summed E-state index contributed by atoms with van der Waals surface area (Å²) in [7, 11) is 0. The normalized spacial score (nSPS) is 21.5. The zero-order valence-corrected chi connectivity index (χ0v) is 7.81. The number of hydrogen-bond acceptors (Lipinski definition) is 3. The first kappa shape index (κ1) is 10.3. The van der Waals surface area contributed by atoms with Crippen LogP contribution in [0.3, 0.4) is 0 Å². The molecule has 1 fully saturated rings. The van der Waals surface area contributed by atoms with Crippen LogP contribution in [0, 0.1) is 0 Å². The molecule has 1 heterocycles. The minimum atomic E-state index is -0.850. The van der Waals surface area contributed by atoms with Crippen LogP contribution >= 0.6 is 0 Å². The molecule has 5 nitrogen and oxygen atoms in total. The molecule has 0 saturated carbocycles. The van der Waals surface area contributed by atoms with Gasteiger partial charge in [-0.05, 0) is 6.92 Å². The van der Waals surface area contributed by atoms with Gasteiger partial charge in [-0.1, -0.05) is 0 Å². The van der Waals surface area contributed by atoms with E-state index < -0.39 is 6.09 Å². The van der Waals surface area contributed by atoms with Gasteiger partial charge in [-0.15, -0.1) is 0 Å². The monoisotopic (exact) mass is 188 g/mol. The lowest BCUT2D eigenvalue weighted by Crippen LogP contribution is -2.49. The third-order valence-electron chi connectivity index (χ3n) is 2.17. The molecule has 76 valence electrons. The Labute approximate surface area is 77.6 Å². The van der Waals surface area contributed by atoms with Gasteiger partial charge < -0.3 is 15.1 Å². The highest BCUT2D eigenvalue weighted by Crippen LogP contribution is 2.02. The Hall–Kier alpha value is -0.810. The summed E-state index contributed by atoms with van der Waals surface area (Å²) < 4.78 is 0. The van der Waals surface area contributed by atoms with Crippen LogP contribution < -0.4 is 0 Å². The number of nitrogens with zero attached hydrogens (tertiary/aromatic N) is 2. The summed E-state index contributed by atoms with van der Waals surface area (Å²) >= 11 is 0. The molecule has 1 rings (SSSR count). The van der Waals surface area contributed by atoms with E-state index >= 15 is 0 Å². The van der Waals surface area contributed by atoms with E-state index in [1.54, 1.807) is 6.92 Å². The first-order valence-electron chi connectivity index (χ1n) is 4.48. The molecule has 0 bridgehead atoms. The molecule has 1 aliphatic rings. The Morgan fingerprint density at radius 1 is 1.38 bits per heavy atom. The van der Waals surface area contributed by atoms with Gasteiger partial charge in [0, 0.05) is 32.7 Å². The SMILES string of the molecule is C[C@@H](O)CN1CCN(C(=O)O)CC1. The molecule has 1 amide bonds. The third-order valence-corrected chi connectivity index (χ3v) is 2.17. The molecule has 1 saturated heterocycles. The van der Waals surface area contributed by atoms with Crippen molar-refractivity contribution in [3.8, 4) is 0 Å². The third kappa shape index (κ3) is 3.20. The highest BCUT2D eigenvalue weighted by atomic mass is 16.4. The summed E-state index contributed by atoms with van der Waals surface area (Å²) in [6.45, 7) is 4.90. The molecule has 0 aromatic carbocycles. The molecule has 5 heteroatoms. The lowest BCUT2D eigenvalue weighted by molar-refractivity contribution is 0.0762. The topological polar surface area (TPSA) is 64.0 Å². The number of aliphatic hydroxyl groups excluding tert-OH is 1. The van der Waals surface area contributed by atoms with Crippen molar-refractivity contribution < 1.29 is 15.0 Å². The fourth-order valence-corrected chi connectivity index (χ4v) is 1.50. The van der Waals surface area contributed by atoms with Crippen molar-refractivity contribution in [2.45, 2.75) is 13.0 Å². The van der Waals surface area contributed by atoms with Crippen molar-refractivity contribution in [1.82, 2.24) is 9.80 Å². The van der Waals surface area contributed by atoms with E-state index in [-0.39, 0.29) is 6.10 Å². The number of hydrogen-bond donors (Lipinski definition) is 2. The maximum Gasteiger partial charge on any atom is 0.407 e. The van der Waals surface area contributed by atoms with Crippen LogP contribution in [0.25, 0.3) is 0 Å². The Morgan fingerprint density at radius 2 is 1.92 bits per heavy atom.